The molecule has 20 heavy (non-hydrogen) atoms. The van der Waals surface area contributed by atoms with E-state index in [2.05, 4.69) is 34.9 Å². The standard InChI is InChI=1S/C16H27N3O/c1-3-15(12-17)19-9-7-18(8-10-19)13-14-5-4-6-16(11-14)20-2/h4-6,11,15H,3,7-10,12-13,17H2,1-2H3. The Bertz CT molecular complexity index is 398. The van der Waals surface area contributed by atoms with E-state index in [1.807, 2.05) is 6.07 Å². The quantitative estimate of drug-likeness (QED) is 0.856. The minimum absolute atomic E-state index is 0.550. The molecule has 1 aromatic rings. The first-order valence-electron chi connectivity index (χ1n) is 7.56. The Hall–Kier alpha value is -1.10. The molecule has 2 N–H and O–H groups in total. The molecule has 0 aliphatic carbocycles. The maximum Gasteiger partial charge on any atom is 0.119 e. The average molecular weight is 277 g/mol. The molecule has 1 atom stereocenters. The molecule has 1 aliphatic heterocycles. The van der Waals surface area contributed by atoms with Crippen LogP contribution in [0.4, 0.5) is 0 Å². The second-order valence-electron chi connectivity index (χ2n) is 5.46. The number of benzene rings is 1. The lowest BCUT2D eigenvalue weighted by Gasteiger charge is -2.38. The van der Waals surface area contributed by atoms with Gasteiger partial charge >= 0.3 is 0 Å². The van der Waals surface area contributed by atoms with Crippen molar-refractivity contribution < 1.29 is 4.74 Å². The van der Waals surface area contributed by atoms with Crippen LogP contribution in [0.2, 0.25) is 0 Å². The number of hydrogen-bond donors (Lipinski definition) is 1. The van der Waals surface area contributed by atoms with Crippen LogP contribution in [0.15, 0.2) is 24.3 Å². The number of methoxy groups -OCH3 is 1. The van der Waals surface area contributed by atoms with Gasteiger partial charge in [-0.05, 0) is 24.1 Å². The number of hydrogen-bond acceptors (Lipinski definition) is 4. The fourth-order valence-corrected chi connectivity index (χ4v) is 2.89. The van der Waals surface area contributed by atoms with E-state index < -0.39 is 0 Å². The van der Waals surface area contributed by atoms with Crippen LogP contribution in [0.5, 0.6) is 5.75 Å². The van der Waals surface area contributed by atoms with Crippen molar-refractivity contribution in [2.45, 2.75) is 25.9 Å². The van der Waals surface area contributed by atoms with Gasteiger partial charge in [0, 0.05) is 45.3 Å². The predicted octanol–water partition coefficient (Wildman–Crippen LogP) is 1.55. The minimum Gasteiger partial charge on any atom is -0.497 e. The van der Waals surface area contributed by atoms with Crippen molar-refractivity contribution in [1.29, 1.82) is 0 Å². The summed E-state index contributed by atoms with van der Waals surface area (Å²) in [6.45, 7) is 8.48. The van der Waals surface area contributed by atoms with Gasteiger partial charge in [-0.15, -0.1) is 0 Å². The largest absolute Gasteiger partial charge is 0.497 e. The number of nitrogens with two attached hydrogens (primary N) is 1. The van der Waals surface area contributed by atoms with Crippen LogP contribution >= 0.6 is 0 Å². The van der Waals surface area contributed by atoms with Crippen molar-refractivity contribution in [2.75, 3.05) is 39.8 Å². The molecule has 112 valence electrons. The van der Waals surface area contributed by atoms with Gasteiger partial charge in [0.2, 0.25) is 0 Å². The van der Waals surface area contributed by atoms with E-state index >= 15 is 0 Å². The first-order valence-corrected chi connectivity index (χ1v) is 7.56. The monoisotopic (exact) mass is 277 g/mol. The van der Waals surface area contributed by atoms with Crippen LogP contribution in [0, 0.1) is 0 Å². The van der Waals surface area contributed by atoms with E-state index in [0.29, 0.717) is 6.04 Å². The molecule has 1 aromatic carbocycles. The summed E-state index contributed by atoms with van der Waals surface area (Å²) in [5, 5.41) is 0. The van der Waals surface area contributed by atoms with Crippen LogP contribution in [-0.2, 0) is 6.54 Å². The average Bonchev–Trinajstić information content (AvgIpc) is 2.50. The summed E-state index contributed by atoms with van der Waals surface area (Å²) in [4.78, 5) is 5.04. The maximum atomic E-state index is 5.84. The van der Waals surface area contributed by atoms with Crippen molar-refractivity contribution in [2.24, 2.45) is 5.73 Å². The van der Waals surface area contributed by atoms with Crippen molar-refractivity contribution in [1.82, 2.24) is 9.80 Å². The highest BCUT2D eigenvalue weighted by Crippen LogP contribution is 2.16. The van der Waals surface area contributed by atoms with Gasteiger partial charge in [0.1, 0.15) is 5.75 Å². The number of piperazine rings is 1. The molecule has 1 fully saturated rings. The Morgan fingerprint density at radius 3 is 2.60 bits per heavy atom. The van der Waals surface area contributed by atoms with Gasteiger partial charge in [0.15, 0.2) is 0 Å². The lowest BCUT2D eigenvalue weighted by Crippen LogP contribution is -2.51. The molecule has 0 radical (unpaired) electrons. The Balaban J connectivity index is 1.84. The molecular weight excluding hydrogens is 250 g/mol. The SMILES string of the molecule is CCC(CN)N1CCN(Cc2cccc(OC)c2)CC1. The van der Waals surface area contributed by atoms with E-state index in [-0.39, 0.29) is 0 Å². The summed E-state index contributed by atoms with van der Waals surface area (Å²) in [5.41, 5.74) is 7.16. The third-order valence-corrected chi connectivity index (χ3v) is 4.21. The van der Waals surface area contributed by atoms with E-state index in [0.717, 1.165) is 51.4 Å². The van der Waals surface area contributed by atoms with Crippen LogP contribution in [-0.4, -0.2) is 55.7 Å². The van der Waals surface area contributed by atoms with Crippen molar-refractivity contribution >= 4 is 0 Å². The Labute approximate surface area is 122 Å². The molecule has 1 unspecified atom stereocenters. The molecule has 2 rings (SSSR count). The van der Waals surface area contributed by atoms with Crippen LogP contribution in [0.1, 0.15) is 18.9 Å². The van der Waals surface area contributed by atoms with Crippen LogP contribution in [0.25, 0.3) is 0 Å². The molecule has 0 saturated carbocycles. The normalized spacial score (nSPS) is 18.9. The van der Waals surface area contributed by atoms with Gasteiger partial charge in [-0.3, -0.25) is 9.80 Å². The van der Waals surface area contributed by atoms with Gasteiger partial charge in [0.25, 0.3) is 0 Å². The summed E-state index contributed by atoms with van der Waals surface area (Å²) in [6.07, 6.45) is 1.15. The highest BCUT2D eigenvalue weighted by atomic mass is 16.5. The van der Waals surface area contributed by atoms with E-state index in [1.54, 1.807) is 7.11 Å². The molecular formula is C16H27N3O. The Morgan fingerprint density at radius 2 is 2.00 bits per heavy atom. The second kappa shape index (κ2) is 7.62. The van der Waals surface area contributed by atoms with Crippen LogP contribution in [0.3, 0.4) is 0 Å². The third kappa shape index (κ3) is 3.95. The zero-order valence-electron chi connectivity index (χ0n) is 12.7. The molecule has 1 heterocycles. The topological polar surface area (TPSA) is 41.7 Å². The lowest BCUT2D eigenvalue weighted by molar-refractivity contribution is 0.0926. The highest BCUT2D eigenvalue weighted by molar-refractivity contribution is 5.28. The first kappa shape index (κ1) is 15.3. The summed E-state index contributed by atoms with van der Waals surface area (Å²) in [7, 11) is 1.72. The smallest absolute Gasteiger partial charge is 0.119 e. The second-order valence-corrected chi connectivity index (χ2v) is 5.46. The molecule has 4 nitrogen and oxygen atoms in total. The molecule has 4 heteroatoms. The molecule has 0 amide bonds. The van der Waals surface area contributed by atoms with Gasteiger partial charge in [-0.2, -0.15) is 0 Å². The zero-order chi connectivity index (χ0) is 14.4. The zero-order valence-corrected chi connectivity index (χ0v) is 12.7. The van der Waals surface area contributed by atoms with Crippen molar-refractivity contribution in [3.05, 3.63) is 29.8 Å². The van der Waals surface area contributed by atoms with Crippen LogP contribution < -0.4 is 10.5 Å². The fraction of sp³-hybridized carbons (Fsp3) is 0.625. The summed E-state index contributed by atoms with van der Waals surface area (Å²) in [6, 6.07) is 8.90. The Kier molecular flexibility index (Phi) is 5.83. The predicted molar refractivity (Wildman–Crippen MR) is 83.0 cm³/mol. The fourth-order valence-electron chi connectivity index (χ4n) is 2.89. The van der Waals surface area contributed by atoms with Gasteiger partial charge in [-0.1, -0.05) is 19.1 Å². The molecule has 0 spiro atoms. The molecule has 1 saturated heterocycles. The number of rotatable bonds is 6. The van der Waals surface area contributed by atoms with Gasteiger partial charge in [-0.25, -0.2) is 0 Å². The number of nitrogens with zero attached hydrogens (tertiary/aromatic N) is 2. The maximum absolute atomic E-state index is 5.84. The first-order chi connectivity index (χ1) is 9.76. The third-order valence-electron chi connectivity index (χ3n) is 4.21. The van der Waals surface area contributed by atoms with Crippen molar-refractivity contribution in [3.8, 4) is 5.75 Å². The molecule has 1 aliphatic rings. The van der Waals surface area contributed by atoms with Crippen molar-refractivity contribution in [3.63, 3.8) is 0 Å². The molecule has 0 bridgehead atoms. The number of ether oxygens (including phenoxy) is 1. The highest BCUT2D eigenvalue weighted by Gasteiger charge is 2.21. The summed E-state index contributed by atoms with van der Waals surface area (Å²) < 4.78 is 5.28. The minimum atomic E-state index is 0.550. The molecule has 0 aromatic heterocycles. The van der Waals surface area contributed by atoms with E-state index in [1.165, 1.54) is 5.56 Å². The van der Waals surface area contributed by atoms with Gasteiger partial charge < -0.3 is 10.5 Å². The lowest BCUT2D eigenvalue weighted by atomic mass is 10.1. The Morgan fingerprint density at radius 1 is 1.25 bits per heavy atom. The summed E-state index contributed by atoms with van der Waals surface area (Å²) >= 11 is 0. The summed E-state index contributed by atoms with van der Waals surface area (Å²) in [5.74, 6) is 0.940. The van der Waals surface area contributed by atoms with E-state index in [4.69, 9.17) is 10.5 Å². The van der Waals surface area contributed by atoms with E-state index in [9.17, 15) is 0 Å². The van der Waals surface area contributed by atoms with Gasteiger partial charge in [0.05, 0.1) is 7.11 Å².